The van der Waals surface area contributed by atoms with Crippen LogP contribution >= 0.6 is 34.7 Å². The van der Waals surface area contributed by atoms with Crippen LogP contribution in [0.2, 0.25) is 9.49 Å². The molecule has 20 heavy (non-hydrogen) atoms. The molecule has 0 unspecified atom stereocenters. The highest BCUT2D eigenvalue weighted by atomic mass is 35.5. The van der Waals surface area contributed by atoms with Gasteiger partial charge in [-0.1, -0.05) is 27.7 Å². The third kappa shape index (κ3) is 2.45. The highest BCUT2D eigenvalue weighted by Crippen LogP contribution is 2.38. The Balaban J connectivity index is 1.87. The van der Waals surface area contributed by atoms with Gasteiger partial charge in [-0.05, 0) is 26.3 Å². The topological polar surface area (TPSA) is 46.8 Å². The van der Waals surface area contributed by atoms with Crippen LogP contribution in [-0.4, -0.2) is 30.8 Å². The van der Waals surface area contributed by atoms with Crippen molar-refractivity contribution in [1.29, 1.82) is 0 Å². The van der Waals surface area contributed by atoms with Gasteiger partial charge in [0.1, 0.15) is 15.2 Å². The molecular formula is C12H15Cl2N5S. The lowest BCUT2D eigenvalue weighted by Crippen LogP contribution is -2.23. The van der Waals surface area contributed by atoms with Gasteiger partial charge in [0.2, 0.25) is 0 Å². The number of nitrogens with zero attached hydrogens (tertiary/aromatic N) is 5. The van der Waals surface area contributed by atoms with Crippen LogP contribution in [0, 0.1) is 6.92 Å². The normalized spacial score (nSPS) is 19.9. The van der Waals surface area contributed by atoms with Gasteiger partial charge in [0.25, 0.3) is 0 Å². The summed E-state index contributed by atoms with van der Waals surface area (Å²) in [5.41, 5.74) is 2.98. The van der Waals surface area contributed by atoms with Crippen LogP contribution in [0.4, 0.5) is 0 Å². The Morgan fingerprint density at radius 2 is 2.20 bits per heavy atom. The van der Waals surface area contributed by atoms with Crippen LogP contribution in [0.15, 0.2) is 0 Å². The molecule has 0 radical (unpaired) electrons. The molecule has 1 fully saturated rings. The first-order chi connectivity index (χ1) is 9.58. The number of hydrogen-bond acceptors (Lipinski definition) is 5. The molecule has 2 aromatic rings. The first-order valence-electron chi connectivity index (χ1n) is 6.47. The fourth-order valence-corrected chi connectivity index (χ4v) is 3.76. The molecule has 5 nitrogen and oxygen atoms in total. The molecule has 108 valence electrons. The van der Waals surface area contributed by atoms with Crippen LogP contribution in [-0.2, 0) is 13.6 Å². The fraction of sp³-hybridized carbons (Fsp3) is 0.583. The Kier molecular flexibility index (Phi) is 3.99. The second-order valence-electron chi connectivity index (χ2n) is 5.04. The van der Waals surface area contributed by atoms with Crippen molar-refractivity contribution < 1.29 is 0 Å². The highest BCUT2D eigenvalue weighted by Gasteiger charge is 2.31. The number of likely N-dealkylation sites (tertiary alicyclic amines) is 1. The largest absolute Gasteiger partial charge is 0.290 e. The molecule has 0 N–H and O–H groups in total. The molecule has 8 heteroatoms. The monoisotopic (exact) mass is 331 g/mol. The highest BCUT2D eigenvalue weighted by molar-refractivity contribution is 7.10. The van der Waals surface area contributed by atoms with E-state index < -0.39 is 0 Å². The van der Waals surface area contributed by atoms with Crippen LogP contribution in [0.5, 0.6) is 0 Å². The summed E-state index contributed by atoms with van der Waals surface area (Å²) in [4.78, 5) is 2.36. The standard InChI is InChI=1S/C12H15Cl2N5S/c1-7-10(11(13)18(2)16-7)9-4-3-5-19(9)6-8-12(14)20-17-15-8/h9H,3-6H2,1-2H3/t9-/m1/s1. The van der Waals surface area contributed by atoms with Crippen molar-refractivity contribution in [2.24, 2.45) is 7.05 Å². The fourth-order valence-electron chi connectivity index (χ4n) is 2.85. The summed E-state index contributed by atoms with van der Waals surface area (Å²) in [7, 11) is 1.87. The maximum Gasteiger partial charge on any atom is 0.138 e. The van der Waals surface area contributed by atoms with Crippen molar-refractivity contribution in [3.8, 4) is 0 Å². The summed E-state index contributed by atoms with van der Waals surface area (Å²) in [6.07, 6.45) is 2.23. The van der Waals surface area contributed by atoms with Gasteiger partial charge < -0.3 is 0 Å². The molecule has 1 aliphatic heterocycles. The Bertz CT molecular complexity index is 623. The molecule has 0 amide bonds. The van der Waals surface area contributed by atoms with Gasteiger partial charge in [-0.25, -0.2) is 0 Å². The van der Waals surface area contributed by atoms with Crippen LogP contribution in [0.1, 0.15) is 35.8 Å². The summed E-state index contributed by atoms with van der Waals surface area (Å²) >= 11 is 13.7. The maximum atomic E-state index is 6.39. The first kappa shape index (κ1) is 14.3. The number of halogens is 2. The van der Waals surface area contributed by atoms with Gasteiger partial charge in [0.05, 0.1) is 5.69 Å². The van der Waals surface area contributed by atoms with Crippen molar-refractivity contribution in [2.45, 2.75) is 32.4 Å². The third-order valence-corrected chi connectivity index (χ3v) is 5.19. The Morgan fingerprint density at radius 3 is 2.80 bits per heavy atom. The minimum atomic E-state index is 0.286. The van der Waals surface area contributed by atoms with E-state index in [4.69, 9.17) is 23.2 Å². The average molecular weight is 332 g/mol. The lowest BCUT2D eigenvalue weighted by atomic mass is 10.1. The molecule has 0 aliphatic carbocycles. The van der Waals surface area contributed by atoms with E-state index >= 15 is 0 Å². The van der Waals surface area contributed by atoms with Gasteiger partial charge >= 0.3 is 0 Å². The minimum Gasteiger partial charge on any atom is -0.290 e. The second kappa shape index (κ2) is 5.60. The molecule has 0 aromatic carbocycles. The average Bonchev–Trinajstić information content (AvgIpc) is 3.06. The van der Waals surface area contributed by atoms with Gasteiger partial charge in [-0.15, -0.1) is 5.10 Å². The van der Waals surface area contributed by atoms with E-state index in [0.717, 1.165) is 41.5 Å². The lowest BCUT2D eigenvalue weighted by molar-refractivity contribution is 0.245. The summed E-state index contributed by atoms with van der Waals surface area (Å²) in [5.74, 6) is 0. The molecule has 0 spiro atoms. The maximum absolute atomic E-state index is 6.39. The van der Waals surface area contributed by atoms with Crippen molar-refractivity contribution in [2.75, 3.05) is 6.54 Å². The summed E-state index contributed by atoms with van der Waals surface area (Å²) in [5, 5.41) is 9.23. The van der Waals surface area contributed by atoms with E-state index in [1.807, 2.05) is 14.0 Å². The van der Waals surface area contributed by atoms with E-state index in [1.165, 1.54) is 11.5 Å². The van der Waals surface area contributed by atoms with E-state index in [0.29, 0.717) is 10.9 Å². The molecule has 0 bridgehead atoms. The van der Waals surface area contributed by atoms with Crippen LogP contribution < -0.4 is 0 Å². The van der Waals surface area contributed by atoms with E-state index in [-0.39, 0.29) is 6.04 Å². The first-order valence-corrected chi connectivity index (χ1v) is 8.00. The van der Waals surface area contributed by atoms with Crippen LogP contribution in [0.3, 0.4) is 0 Å². The molecule has 3 heterocycles. The van der Waals surface area contributed by atoms with Gasteiger partial charge in [-0.3, -0.25) is 9.58 Å². The molecule has 3 rings (SSSR count). The van der Waals surface area contributed by atoms with Gasteiger partial charge in [-0.2, -0.15) is 5.10 Å². The predicted octanol–water partition coefficient (Wildman–Crippen LogP) is 3.22. The SMILES string of the molecule is Cc1nn(C)c(Cl)c1[C@H]1CCCN1Cc1nnsc1Cl. The number of rotatable bonds is 3. The number of hydrogen-bond donors (Lipinski definition) is 0. The van der Waals surface area contributed by atoms with Crippen molar-refractivity contribution >= 4 is 34.7 Å². The number of aromatic nitrogens is 4. The quantitative estimate of drug-likeness (QED) is 0.866. The zero-order chi connectivity index (χ0) is 14.3. The smallest absolute Gasteiger partial charge is 0.138 e. The van der Waals surface area contributed by atoms with E-state index in [2.05, 4.69) is 19.6 Å². The van der Waals surface area contributed by atoms with E-state index in [1.54, 1.807) is 4.68 Å². The van der Waals surface area contributed by atoms with Gasteiger partial charge in [0.15, 0.2) is 0 Å². The van der Waals surface area contributed by atoms with Crippen LogP contribution in [0.25, 0.3) is 0 Å². The Hall–Kier alpha value is -0.690. The lowest BCUT2D eigenvalue weighted by Gasteiger charge is -2.23. The molecule has 1 atom stereocenters. The molecule has 1 aliphatic rings. The molecule has 1 saturated heterocycles. The Morgan fingerprint density at radius 1 is 1.40 bits per heavy atom. The molecular weight excluding hydrogens is 317 g/mol. The zero-order valence-corrected chi connectivity index (χ0v) is 13.6. The van der Waals surface area contributed by atoms with Crippen molar-refractivity contribution in [3.05, 3.63) is 26.4 Å². The minimum absolute atomic E-state index is 0.286. The Labute approximate surface area is 131 Å². The second-order valence-corrected chi connectivity index (χ2v) is 6.75. The third-order valence-electron chi connectivity index (χ3n) is 3.76. The number of aryl methyl sites for hydroxylation is 2. The summed E-state index contributed by atoms with van der Waals surface area (Å²) < 4.78 is 6.30. The summed E-state index contributed by atoms with van der Waals surface area (Å²) in [6.45, 7) is 3.74. The summed E-state index contributed by atoms with van der Waals surface area (Å²) in [6, 6.07) is 0.286. The van der Waals surface area contributed by atoms with E-state index in [9.17, 15) is 0 Å². The van der Waals surface area contributed by atoms with Gasteiger partial charge in [0, 0.05) is 36.7 Å². The zero-order valence-electron chi connectivity index (χ0n) is 11.3. The van der Waals surface area contributed by atoms with Crippen molar-refractivity contribution in [1.82, 2.24) is 24.3 Å². The van der Waals surface area contributed by atoms with Crippen molar-refractivity contribution in [3.63, 3.8) is 0 Å². The molecule has 0 saturated carbocycles. The predicted molar refractivity (Wildman–Crippen MR) is 80.3 cm³/mol. The molecule has 2 aromatic heterocycles.